The number of thiol groups is 1. The molecule has 0 rings (SSSR count). The first-order valence-corrected chi connectivity index (χ1v) is 6.30. The highest BCUT2D eigenvalue weighted by Crippen LogP contribution is 2.09. The molecule has 0 saturated heterocycles. The van der Waals surface area contributed by atoms with Gasteiger partial charge in [0, 0.05) is 30.8 Å². The maximum Gasteiger partial charge on any atom is 0.220 e. The monoisotopic (exact) mass is 247 g/mol. The van der Waals surface area contributed by atoms with Gasteiger partial charge in [0.05, 0.1) is 0 Å². The Balaban J connectivity index is 3.31. The highest BCUT2D eigenvalue weighted by molar-refractivity contribution is 7.81. The van der Waals surface area contributed by atoms with Crippen LogP contribution < -0.4 is 16.4 Å². The Bertz CT molecular complexity index is 192. The molecule has 0 atom stereocenters. The molecule has 4 N–H and O–H groups in total. The standard InChI is InChI=1S/C11H25N3OS/c1-11(2,16)9-14-10(15)5-3-4-7-13-8-6-12/h13,16H,3-9,12H2,1-2H3,(H,14,15). The summed E-state index contributed by atoms with van der Waals surface area (Å²) in [7, 11) is 0. The number of carbonyl (C=O) groups excluding carboxylic acids is 1. The van der Waals surface area contributed by atoms with Crippen LogP contribution >= 0.6 is 12.6 Å². The van der Waals surface area contributed by atoms with E-state index in [0.29, 0.717) is 19.5 Å². The molecule has 1 amide bonds. The largest absolute Gasteiger partial charge is 0.355 e. The van der Waals surface area contributed by atoms with Crippen LogP contribution in [0.15, 0.2) is 0 Å². The number of hydrogen-bond donors (Lipinski definition) is 4. The van der Waals surface area contributed by atoms with E-state index < -0.39 is 0 Å². The molecule has 0 saturated carbocycles. The molecule has 0 bridgehead atoms. The summed E-state index contributed by atoms with van der Waals surface area (Å²) in [5.74, 6) is 0.112. The van der Waals surface area contributed by atoms with Gasteiger partial charge in [-0.05, 0) is 33.2 Å². The van der Waals surface area contributed by atoms with Crippen LogP contribution in [0, 0.1) is 0 Å². The van der Waals surface area contributed by atoms with Gasteiger partial charge < -0.3 is 16.4 Å². The first-order valence-electron chi connectivity index (χ1n) is 5.85. The molecule has 0 heterocycles. The average Bonchev–Trinajstić information content (AvgIpc) is 2.19. The minimum Gasteiger partial charge on any atom is -0.355 e. The highest BCUT2D eigenvalue weighted by atomic mass is 32.1. The molecular weight excluding hydrogens is 222 g/mol. The van der Waals surface area contributed by atoms with Crippen molar-refractivity contribution in [3.63, 3.8) is 0 Å². The zero-order valence-electron chi connectivity index (χ0n) is 10.4. The Labute approximate surface area is 104 Å². The normalized spacial score (nSPS) is 11.5. The fourth-order valence-electron chi connectivity index (χ4n) is 1.17. The predicted octanol–water partition coefficient (Wildman–Crippen LogP) is 0.530. The summed E-state index contributed by atoms with van der Waals surface area (Å²) in [5, 5.41) is 6.07. The Kier molecular flexibility index (Phi) is 8.70. The first-order chi connectivity index (χ1) is 7.45. The summed E-state index contributed by atoms with van der Waals surface area (Å²) in [5.41, 5.74) is 5.34. The fraction of sp³-hybridized carbons (Fsp3) is 0.909. The molecule has 4 nitrogen and oxygen atoms in total. The number of amides is 1. The van der Waals surface area contributed by atoms with Crippen molar-refractivity contribution in [2.75, 3.05) is 26.2 Å². The van der Waals surface area contributed by atoms with Crippen LogP contribution in [0.2, 0.25) is 0 Å². The number of nitrogens with one attached hydrogen (secondary N) is 2. The summed E-state index contributed by atoms with van der Waals surface area (Å²) in [6.45, 7) is 7.01. The molecule has 0 radical (unpaired) electrons. The summed E-state index contributed by atoms with van der Waals surface area (Å²) in [6, 6.07) is 0. The molecular formula is C11H25N3OS. The van der Waals surface area contributed by atoms with Crippen molar-refractivity contribution in [2.45, 2.75) is 37.9 Å². The summed E-state index contributed by atoms with van der Waals surface area (Å²) >= 11 is 4.34. The third kappa shape index (κ3) is 11.8. The number of hydrogen-bond acceptors (Lipinski definition) is 4. The van der Waals surface area contributed by atoms with E-state index in [0.717, 1.165) is 25.9 Å². The van der Waals surface area contributed by atoms with E-state index in [1.807, 2.05) is 13.8 Å². The Hall–Kier alpha value is -0.260. The quantitative estimate of drug-likeness (QED) is 0.355. The lowest BCUT2D eigenvalue weighted by Crippen LogP contribution is -2.34. The molecule has 0 fully saturated rings. The van der Waals surface area contributed by atoms with Crippen LogP contribution in [0.25, 0.3) is 0 Å². The van der Waals surface area contributed by atoms with Crippen molar-refractivity contribution in [3.8, 4) is 0 Å². The van der Waals surface area contributed by atoms with E-state index in [-0.39, 0.29) is 10.7 Å². The van der Waals surface area contributed by atoms with E-state index in [9.17, 15) is 4.79 Å². The maximum atomic E-state index is 11.4. The molecule has 0 unspecified atom stereocenters. The second kappa shape index (κ2) is 8.84. The number of carbonyl (C=O) groups is 1. The molecule has 0 spiro atoms. The minimum atomic E-state index is -0.141. The molecule has 5 heteroatoms. The van der Waals surface area contributed by atoms with Crippen LogP contribution in [0.3, 0.4) is 0 Å². The van der Waals surface area contributed by atoms with Gasteiger partial charge in [-0.2, -0.15) is 12.6 Å². The van der Waals surface area contributed by atoms with E-state index in [1.165, 1.54) is 0 Å². The van der Waals surface area contributed by atoms with Crippen LogP contribution in [-0.4, -0.2) is 36.8 Å². The fourth-order valence-corrected chi connectivity index (χ4v) is 1.24. The number of nitrogens with two attached hydrogens (primary N) is 1. The average molecular weight is 247 g/mol. The van der Waals surface area contributed by atoms with Crippen LogP contribution in [-0.2, 0) is 4.79 Å². The second-order valence-electron chi connectivity index (χ2n) is 4.58. The molecule has 0 aromatic rings. The first kappa shape index (κ1) is 15.7. The van der Waals surface area contributed by atoms with Gasteiger partial charge in [0.25, 0.3) is 0 Å². The highest BCUT2D eigenvalue weighted by Gasteiger charge is 2.12. The molecule has 0 aliphatic heterocycles. The summed E-state index contributed by atoms with van der Waals surface area (Å²) in [6.07, 6.45) is 2.52. The molecule has 0 aromatic heterocycles. The SMILES string of the molecule is CC(C)(S)CNC(=O)CCCCNCCN. The lowest BCUT2D eigenvalue weighted by atomic mass is 10.2. The van der Waals surface area contributed by atoms with Gasteiger partial charge in [-0.15, -0.1) is 0 Å². The second-order valence-corrected chi connectivity index (χ2v) is 5.80. The molecule has 16 heavy (non-hydrogen) atoms. The topological polar surface area (TPSA) is 67.2 Å². The van der Waals surface area contributed by atoms with Gasteiger partial charge in [-0.25, -0.2) is 0 Å². The lowest BCUT2D eigenvalue weighted by molar-refractivity contribution is -0.121. The van der Waals surface area contributed by atoms with E-state index in [2.05, 4.69) is 23.3 Å². The van der Waals surface area contributed by atoms with Crippen molar-refractivity contribution in [2.24, 2.45) is 5.73 Å². The van der Waals surface area contributed by atoms with Crippen molar-refractivity contribution in [3.05, 3.63) is 0 Å². The van der Waals surface area contributed by atoms with E-state index in [1.54, 1.807) is 0 Å². The van der Waals surface area contributed by atoms with Gasteiger partial charge in [0.2, 0.25) is 5.91 Å². The number of rotatable bonds is 9. The zero-order valence-corrected chi connectivity index (χ0v) is 11.3. The van der Waals surface area contributed by atoms with Crippen molar-refractivity contribution < 1.29 is 4.79 Å². The van der Waals surface area contributed by atoms with Gasteiger partial charge in [-0.3, -0.25) is 4.79 Å². The third-order valence-electron chi connectivity index (χ3n) is 2.05. The van der Waals surface area contributed by atoms with Crippen LogP contribution in [0.1, 0.15) is 33.1 Å². The molecule has 96 valence electrons. The van der Waals surface area contributed by atoms with Crippen molar-refractivity contribution in [1.29, 1.82) is 0 Å². The van der Waals surface area contributed by atoms with Gasteiger partial charge in [-0.1, -0.05) is 0 Å². The number of unbranched alkanes of at least 4 members (excludes halogenated alkanes) is 1. The molecule has 0 aliphatic carbocycles. The van der Waals surface area contributed by atoms with Crippen LogP contribution in [0.4, 0.5) is 0 Å². The maximum absolute atomic E-state index is 11.4. The summed E-state index contributed by atoms with van der Waals surface area (Å²) in [4.78, 5) is 11.4. The van der Waals surface area contributed by atoms with E-state index in [4.69, 9.17) is 5.73 Å². The van der Waals surface area contributed by atoms with E-state index >= 15 is 0 Å². The van der Waals surface area contributed by atoms with Crippen LogP contribution in [0.5, 0.6) is 0 Å². The summed E-state index contributed by atoms with van der Waals surface area (Å²) < 4.78 is -0.141. The predicted molar refractivity (Wildman–Crippen MR) is 71.8 cm³/mol. The Morgan fingerprint density at radius 2 is 2.00 bits per heavy atom. The smallest absolute Gasteiger partial charge is 0.220 e. The Morgan fingerprint density at radius 1 is 1.31 bits per heavy atom. The molecule has 0 aromatic carbocycles. The Morgan fingerprint density at radius 3 is 2.56 bits per heavy atom. The third-order valence-corrected chi connectivity index (χ3v) is 2.20. The van der Waals surface area contributed by atoms with Gasteiger partial charge in [0.15, 0.2) is 0 Å². The van der Waals surface area contributed by atoms with Crippen molar-refractivity contribution >= 4 is 18.5 Å². The molecule has 0 aliphatic rings. The lowest BCUT2D eigenvalue weighted by Gasteiger charge is -2.17. The van der Waals surface area contributed by atoms with Crippen molar-refractivity contribution in [1.82, 2.24) is 10.6 Å². The van der Waals surface area contributed by atoms with Gasteiger partial charge in [0.1, 0.15) is 0 Å². The minimum absolute atomic E-state index is 0.112. The zero-order chi connectivity index (χ0) is 12.4. The van der Waals surface area contributed by atoms with Gasteiger partial charge >= 0.3 is 0 Å².